The van der Waals surface area contributed by atoms with Crippen LogP contribution in [0.1, 0.15) is 66.4 Å². The fourth-order valence-electron chi connectivity index (χ4n) is 3.85. The summed E-state index contributed by atoms with van der Waals surface area (Å²) in [4.78, 5) is 38.8. The van der Waals surface area contributed by atoms with E-state index in [2.05, 4.69) is 10.4 Å². The van der Waals surface area contributed by atoms with Gasteiger partial charge in [-0.1, -0.05) is 13.8 Å². The van der Waals surface area contributed by atoms with E-state index < -0.39 is 5.97 Å². The molecule has 0 radical (unpaired) electrons. The zero-order valence-electron chi connectivity index (χ0n) is 19.3. The van der Waals surface area contributed by atoms with E-state index in [0.29, 0.717) is 48.9 Å². The minimum Gasteiger partial charge on any atom is -0.462 e. The molecule has 172 valence electrons. The number of hydrogen-bond donors (Lipinski definition) is 1. The van der Waals surface area contributed by atoms with E-state index >= 15 is 0 Å². The summed E-state index contributed by atoms with van der Waals surface area (Å²) in [5, 5.41) is 7.36. The molecule has 2 heterocycles. The maximum absolute atomic E-state index is 12.7. The van der Waals surface area contributed by atoms with Gasteiger partial charge in [0, 0.05) is 31.1 Å². The maximum atomic E-state index is 12.7. The molecule has 8 heteroatoms. The van der Waals surface area contributed by atoms with Crippen molar-refractivity contribution in [3.8, 4) is 5.69 Å². The SMILES string of the molecule is CCOC(=O)c1cnn(-c2ccc(C(=O)NC3CCN(C(=O)CC(C)C)CC3)cc2)c1C. The molecule has 0 saturated carbocycles. The van der Waals surface area contributed by atoms with Crippen LogP contribution in [0, 0.1) is 12.8 Å². The highest BCUT2D eigenvalue weighted by Gasteiger charge is 2.24. The van der Waals surface area contributed by atoms with Crippen LogP contribution in [0.25, 0.3) is 5.69 Å². The number of piperidine rings is 1. The van der Waals surface area contributed by atoms with Gasteiger partial charge in [0.15, 0.2) is 0 Å². The van der Waals surface area contributed by atoms with Crippen LogP contribution in [0.4, 0.5) is 0 Å². The second-order valence-electron chi connectivity index (χ2n) is 8.55. The molecule has 0 unspecified atom stereocenters. The molecule has 1 aromatic carbocycles. The number of hydrogen-bond acceptors (Lipinski definition) is 5. The molecule has 1 saturated heterocycles. The number of benzene rings is 1. The topological polar surface area (TPSA) is 93.5 Å². The van der Waals surface area contributed by atoms with Crippen LogP contribution in [0.3, 0.4) is 0 Å². The van der Waals surface area contributed by atoms with Crippen molar-refractivity contribution in [2.75, 3.05) is 19.7 Å². The normalized spacial score (nSPS) is 14.5. The van der Waals surface area contributed by atoms with E-state index in [9.17, 15) is 14.4 Å². The van der Waals surface area contributed by atoms with Crippen LogP contribution in [0.2, 0.25) is 0 Å². The lowest BCUT2D eigenvalue weighted by atomic mass is 10.0. The summed E-state index contributed by atoms with van der Waals surface area (Å²) in [6, 6.07) is 7.16. The Morgan fingerprint density at radius 1 is 1.16 bits per heavy atom. The summed E-state index contributed by atoms with van der Waals surface area (Å²) in [5.41, 5.74) is 2.42. The van der Waals surface area contributed by atoms with Gasteiger partial charge in [-0.25, -0.2) is 9.48 Å². The van der Waals surface area contributed by atoms with E-state index in [4.69, 9.17) is 4.74 Å². The van der Waals surface area contributed by atoms with Gasteiger partial charge < -0.3 is 15.0 Å². The van der Waals surface area contributed by atoms with E-state index in [1.165, 1.54) is 6.20 Å². The third-order valence-corrected chi connectivity index (χ3v) is 5.64. The van der Waals surface area contributed by atoms with Crippen LogP contribution in [0.5, 0.6) is 0 Å². The molecule has 0 bridgehead atoms. The van der Waals surface area contributed by atoms with Crippen molar-refractivity contribution in [2.45, 2.75) is 53.0 Å². The molecule has 0 aliphatic carbocycles. The lowest BCUT2D eigenvalue weighted by Crippen LogP contribution is -2.46. The molecule has 2 amide bonds. The van der Waals surface area contributed by atoms with Gasteiger partial charge in [0.05, 0.1) is 24.2 Å². The number of carbonyl (C=O) groups is 3. The van der Waals surface area contributed by atoms with Crippen molar-refractivity contribution in [2.24, 2.45) is 5.92 Å². The Morgan fingerprint density at radius 3 is 2.41 bits per heavy atom. The second-order valence-corrected chi connectivity index (χ2v) is 8.55. The standard InChI is InChI=1S/C24H32N4O4/c1-5-32-24(31)21-15-25-28(17(21)4)20-8-6-18(7-9-20)23(30)26-19-10-12-27(13-11-19)22(29)14-16(2)3/h6-9,15-16,19H,5,10-14H2,1-4H3,(H,26,30). The van der Waals surface area contributed by atoms with Gasteiger partial charge in [0.2, 0.25) is 5.91 Å². The number of amides is 2. The highest BCUT2D eigenvalue weighted by atomic mass is 16.5. The number of likely N-dealkylation sites (tertiary alicyclic amines) is 1. The average Bonchev–Trinajstić information content (AvgIpc) is 3.15. The molecule has 3 rings (SSSR count). The Hall–Kier alpha value is -3.16. The van der Waals surface area contributed by atoms with Crippen molar-refractivity contribution >= 4 is 17.8 Å². The highest BCUT2D eigenvalue weighted by molar-refractivity contribution is 5.94. The van der Waals surface area contributed by atoms with Gasteiger partial charge in [-0.3, -0.25) is 9.59 Å². The van der Waals surface area contributed by atoms with Gasteiger partial charge in [-0.2, -0.15) is 5.10 Å². The highest BCUT2D eigenvalue weighted by Crippen LogP contribution is 2.17. The van der Waals surface area contributed by atoms with Crippen LogP contribution >= 0.6 is 0 Å². The predicted octanol–water partition coefficient (Wildman–Crippen LogP) is 3.12. The first-order valence-electron chi connectivity index (χ1n) is 11.2. The second kappa shape index (κ2) is 10.4. The van der Waals surface area contributed by atoms with Gasteiger partial charge in [0.25, 0.3) is 5.91 Å². The Morgan fingerprint density at radius 2 is 1.81 bits per heavy atom. The van der Waals surface area contributed by atoms with Crippen molar-refractivity contribution in [3.63, 3.8) is 0 Å². The number of rotatable bonds is 7. The summed E-state index contributed by atoms with van der Waals surface area (Å²) in [6.07, 6.45) is 3.58. The molecule has 8 nitrogen and oxygen atoms in total. The van der Waals surface area contributed by atoms with E-state index in [1.54, 1.807) is 42.8 Å². The van der Waals surface area contributed by atoms with Crippen molar-refractivity contribution in [1.82, 2.24) is 20.0 Å². The van der Waals surface area contributed by atoms with Crippen LogP contribution in [-0.2, 0) is 9.53 Å². The first kappa shape index (κ1) is 23.5. The quantitative estimate of drug-likeness (QED) is 0.668. The number of nitrogens with zero attached hydrogens (tertiary/aromatic N) is 3. The molecule has 1 aliphatic heterocycles. The van der Waals surface area contributed by atoms with E-state index in [-0.39, 0.29) is 17.9 Å². The molecule has 1 aromatic heterocycles. The third kappa shape index (κ3) is 5.55. The maximum Gasteiger partial charge on any atom is 0.341 e. The first-order valence-corrected chi connectivity index (χ1v) is 11.2. The predicted molar refractivity (Wildman–Crippen MR) is 121 cm³/mol. The monoisotopic (exact) mass is 440 g/mol. The van der Waals surface area contributed by atoms with E-state index in [1.807, 2.05) is 18.7 Å². The average molecular weight is 441 g/mol. The minimum atomic E-state index is -0.399. The Labute approximate surface area is 188 Å². The number of aromatic nitrogens is 2. The van der Waals surface area contributed by atoms with Crippen molar-refractivity contribution in [3.05, 3.63) is 47.3 Å². The number of carbonyl (C=O) groups excluding carboxylic acids is 3. The molecule has 1 fully saturated rings. The lowest BCUT2D eigenvalue weighted by molar-refractivity contribution is -0.133. The Bertz CT molecular complexity index is 957. The fraction of sp³-hybridized carbons (Fsp3) is 0.500. The molecular weight excluding hydrogens is 408 g/mol. The van der Waals surface area contributed by atoms with Crippen LogP contribution in [0.15, 0.2) is 30.5 Å². The molecule has 1 N–H and O–H groups in total. The summed E-state index contributed by atoms with van der Waals surface area (Å²) >= 11 is 0. The first-order chi connectivity index (χ1) is 15.3. The summed E-state index contributed by atoms with van der Waals surface area (Å²) in [5.74, 6) is 0.0164. The Kier molecular flexibility index (Phi) is 7.66. The smallest absolute Gasteiger partial charge is 0.341 e. The lowest BCUT2D eigenvalue weighted by Gasteiger charge is -2.32. The zero-order chi connectivity index (χ0) is 23.3. The van der Waals surface area contributed by atoms with Gasteiger partial charge >= 0.3 is 5.97 Å². The molecule has 32 heavy (non-hydrogen) atoms. The van der Waals surface area contributed by atoms with Gasteiger partial charge in [-0.05, 0) is 56.9 Å². The fourth-order valence-corrected chi connectivity index (χ4v) is 3.85. The molecule has 1 aliphatic rings. The largest absolute Gasteiger partial charge is 0.462 e. The zero-order valence-corrected chi connectivity index (χ0v) is 19.3. The Balaban J connectivity index is 1.57. The van der Waals surface area contributed by atoms with Crippen LogP contribution < -0.4 is 5.32 Å². The minimum absolute atomic E-state index is 0.0609. The molecule has 0 atom stereocenters. The molecular formula is C24H32N4O4. The molecule has 2 aromatic rings. The number of esters is 1. The summed E-state index contributed by atoms with van der Waals surface area (Å²) in [7, 11) is 0. The summed E-state index contributed by atoms with van der Waals surface area (Å²) in [6.45, 7) is 9.32. The van der Waals surface area contributed by atoms with Gasteiger partial charge in [0.1, 0.15) is 5.56 Å². The van der Waals surface area contributed by atoms with E-state index in [0.717, 1.165) is 18.5 Å². The van der Waals surface area contributed by atoms with Crippen LogP contribution in [-0.4, -0.2) is 58.2 Å². The number of ether oxygens (including phenoxy) is 1. The van der Waals surface area contributed by atoms with Crippen molar-refractivity contribution < 1.29 is 19.1 Å². The molecule has 0 spiro atoms. The van der Waals surface area contributed by atoms with Crippen molar-refractivity contribution in [1.29, 1.82) is 0 Å². The van der Waals surface area contributed by atoms with Gasteiger partial charge in [-0.15, -0.1) is 0 Å². The number of nitrogens with one attached hydrogen (secondary N) is 1. The third-order valence-electron chi connectivity index (χ3n) is 5.64. The summed E-state index contributed by atoms with van der Waals surface area (Å²) < 4.78 is 6.70.